The molecule has 1 unspecified atom stereocenters. The summed E-state index contributed by atoms with van der Waals surface area (Å²) in [6.07, 6.45) is 2.87. The van der Waals surface area contributed by atoms with E-state index in [9.17, 15) is 13.2 Å². The number of imidazole rings is 1. The number of rotatable bonds is 3. The van der Waals surface area contributed by atoms with Crippen LogP contribution in [0.4, 0.5) is 0 Å². The zero-order valence-corrected chi connectivity index (χ0v) is 12.6. The first-order chi connectivity index (χ1) is 9.34. The highest BCUT2D eigenvalue weighted by Gasteiger charge is 2.39. The van der Waals surface area contributed by atoms with E-state index in [0.717, 1.165) is 0 Å². The minimum absolute atomic E-state index is 0.0292. The number of likely N-dealkylation sites (N-methyl/N-ethyl adjacent to an activating group) is 1. The average molecular weight is 301 g/mol. The van der Waals surface area contributed by atoms with Crippen LogP contribution in [0.15, 0.2) is 17.6 Å². The van der Waals surface area contributed by atoms with E-state index in [1.165, 1.54) is 21.7 Å². The fourth-order valence-corrected chi connectivity index (χ4v) is 3.68. The molecule has 1 N–H and O–H groups in total. The predicted molar refractivity (Wildman–Crippen MR) is 72.5 cm³/mol. The number of carbonyl (C=O) groups is 1. The zero-order valence-electron chi connectivity index (χ0n) is 11.8. The Morgan fingerprint density at radius 3 is 2.75 bits per heavy atom. The van der Waals surface area contributed by atoms with E-state index in [4.69, 9.17) is 0 Å². The van der Waals surface area contributed by atoms with Crippen LogP contribution < -0.4 is 5.32 Å². The molecule has 0 bridgehead atoms. The average Bonchev–Trinajstić information content (AvgIpc) is 2.85. The van der Waals surface area contributed by atoms with Gasteiger partial charge in [0.2, 0.25) is 5.91 Å². The summed E-state index contributed by atoms with van der Waals surface area (Å²) >= 11 is 0. The Bertz CT molecular complexity index is 595. The van der Waals surface area contributed by atoms with Crippen LogP contribution in [0.1, 0.15) is 0 Å². The highest BCUT2D eigenvalue weighted by molar-refractivity contribution is 7.89. The standard InChI is InChI=1S/C11H19N5O3S/c1-14(2)11(17)9-6-12-4-5-16(9)20(18,19)10-7-15(3)8-13-10/h7-9,12H,4-6H2,1-3H3. The van der Waals surface area contributed by atoms with E-state index < -0.39 is 16.1 Å². The van der Waals surface area contributed by atoms with Gasteiger partial charge in [0.1, 0.15) is 6.04 Å². The molecule has 1 aliphatic rings. The van der Waals surface area contributed by atoms with E-state index in [0.29, 0.717) is 13.1 Å². The Morgan fingerprint density at radius 2 is 2.20 bits per heavy atom. The Balaban J connectivity index is 2.34. The summed E-state index contributed by atoms with van der Waals surface area (Å²) in [4.78, 5) is 17.4. The lowest BCUT2D eigenvalue weighted by Gasteiger charge is -2.34. The SMILES string of the molecule is CN(C)C(=O)C1CNCCN1S(=O)(=O)c1cn(C)cn1. The number of nitrogens with zero attached hydrogens (tertiary/aromatic N) is 4. The van der Waals surface area contributed by atoms with E-state index in [-0.39, 0.29) is 17.5 Å². The second-order valence-electron chi connectivity index (χ2n) is 4.95. The summed E-state index contributed by atoms with van der Waals surface area (Å²) in [7, 11) is 1.17. The van der Waals surface area contributed by atoms with Gasteiger partial charge in [-0.15, -0.1) is 0 Å². The molecular formula is C11H19N5O3S. The Hall–Kier alpha value is -1.45. The third-order valence-electron chi connectivity index (χ3n) is 3.17. The van der Waals surface area contributed by atoms with Crippen molar-refractivity contribution in [3.8, 4) is 0 Å². The molecule has 1 atom stereocenters. The lowest BCUT2D eigenvalue weighted by molar-refractivity contribution is -0.133. The number of aromatic nitrogens is 2. The van der Waals surface area contributed by atoms with E-state index in [1.54, 1.807) is 25.7 Å². The van der Waals surface area contributed by atoms with Gasteiger partial charge in [0.05, 0.1) is 6.33 Å². The monoisotopic (exact) mass is 301 g/mol. The number of aryl methyl sites for hydroxylation is 1. The molecule has 0 aromatic carbocycles. The maximum Gasteiger partial charge on any atom is 0.262 e. The molecule has 112 valence electrons. The van der Waals surface area contributed by atoms with Crippen molar-refractivity contribution in [2.45, 2.75) is 11.1 Å². The highest BCUT2D eigenvalue weighted by atomic mass is 32.2. The molecule has 1 aromatic heterocycles. The summed E-state index contributed by atoms with van der Waals surface area (Å²) in [5, 5.41) is 3.02. The number of piperazine rings is 1. The minimum Gasteiger partial charge on any atom is -0.347 e. The van der Waals surface area contributed by atoms with Gasteiger partial charge >= 0.3 is 0 Å². The van der Waals surface area contributed by atoms with Gasteiger partial charge in [-0.25, -0.2) is 13.4 Å². The Kier molecular flexibility index (Phi) is 4.11. The normalized spacial score (nSPS) is 20.9. The molecule has 0 radical (unpaired) electrons. The highest BCUT2D eigenvalue weighted by Crippen LogP contribution is 2.18. The Labute approximate surface area is 118 Å². The second-order valence-corrected chi connectivity index (χ2v) is 6.78. The van der Waals surface area contributed by atoms with Crippen molar-refractivity contribution in [1.29, 1.82) is 0 Å². The smallest absolute Gasteiger partial charge is 0.262 e. The zero-order chi connectivity index (χ0) is 14.9. The molecular weight excluding hydrogens is 282 g/mol. The number of amides is 1. The third kappa shape index (κ3) is 2.69. The maximum atomic E-state index is 12.6. The number of hydrogen-bond acceptors (Lipinski definition) is 5. The molecule has 2 heterocycles. The van der Waals surface area contributed by atoms with Gasteiger partial charge in [0.15, 0.2) is 5.03 Å². The molecule has 0 spiro atoms. The largest absolute Gasteiger partial charge is 0.347 e. The first-order valence-electron chi connectivity index (χ1n) is 6.25. The first kappa shape index (κ1) is 14.9. The summed E-state index contributed by atoms with van der Waals surface area (Å²) in [6, 6.07) is -0.731. The second kappa shape index (κ2) is 5.51. The van der Waals surface area contributed by atoms with Crippen molar-refractivity contribution in [3.63, 3.8) is 0 Å². The summed E-state index contributed by atoms with van der Waals surface area (Å²) < 4.78 is 28.0. The summed E-state index contributed by atoms with van der Waals surface area (Å²) in [5.41, 5.74) is 0. The number of sulfonamides is 1. The van der Waals surface area contributed by atoms with Crippen molar-refractivity contribution in [2.24, 2.45) is 7.05 Å². The van der Waals surface area contributed by atoms with Crippen LogP contribution in [-0.4, -0.2) is 72.9 Å². The summed E-state index contributed by atoms with van der Waals surface area (Å²) in [6.45, 7) is 1.08. The number of nitrogens with one attached hydrogen (secondary N) is 1. The molecule has 1 fully saturated rings. The number of carbonyl (C=O) groups excluding carboxylic acids is 1. The molecule has 1 saturated heterocycles. The van der Waals surface area contributed by atoms with Gasteiger partial charge in [0, 0.05) is 47.0 Å². The van der Waals surface area contributed by atoms with Crippen molar-refractivity contribution >= 4 is 15.9 Å². The first-order valence-corrected chi connectivity index (χ1v) is 7.69. The fourth-order valence-electron chi connectivity index (χ4n) is 2.12. The van der Waals surface area contributed by atoms with Gasteiger partial charge in [-0.1, -0.05) is 0 Å². The van der Waals surface area contributed by atoms with E-state index in [1.807, 2.05) is 0 Å². The van der Waals surface area contributed by atoms with Gasteiger partial charge in [-0.05, 0) is 0 Å². The lowest BCUT2D eigenvalue weighted by Crippen LogP contribution is -2.59. The quantitative estimate of drug-likeness (QED) is 0.732. The molecule has 1 amide bonds. The third-order valence-corrected chi connectivity index (χ3v) is 4.97. The van der Waals surface area contributed by atoms with Gasteiger partial charge < -0.3 is 14.8 Å². The minimum atomic E-state index is -3.76. The molecule has 1 aliphatic heterocycles. The van der Waals surface area contributed by atoms with E-state index >= 15 is 0 Å². The lowest BCUT2D eigenvalue weighted by atomic mass is 10.2. The van der Waals surface area contributed by atoms with Gasteiger partial charge in [0.25, 0.3) is 10.0 Å². The maximum absolute atomic E-state index is 12.6. The van der Waals surface area contributed by atoms with Crippen LogP contribution in [0.3, 0.4) is 0 Å². The molecule has 1 aromatic rings. The molecule has 0 saturated carbocycles. The molecule has 0 aliphatic carbocycles. The van der Waals surface area contributed by atoms with Gasteiger partial charge in [-0.3, -0.25) is 4.79 Å². The fraction of sp³-hybridized carbons (Fsp3) is 0.636. The predicted octanol–water partition coefficient (Wildman–Crippen LogP) is -1.53. The molecule has 9 heteroatoms. The topological polar surface area (TPSA) is 87.5 Å². The van der Waals surface area contributed by atoms with Crippen LogP contribution in [-0.2, 0) is 21.9 Å². The van der Waals surface area contributed by atoms with Crippen molar-refractivity contribution in [2.75, 3.05) is 33.7 Å². The van der Waals surface area contributed by atoms with Crippen LogP contribution in [0.2, 0.25) is 0 Å². The van der Waals surface area contributed by atoms with Crippen LogP contribution in [0, 0.1) is 0 Å². The van der Waals surface area contributed by atoms with Crippen LogP contribution in [0.25, 0.3) is 0 Å². The number of hydrogen-bond donors (Lipinski definition) is 1. The Morgan fingerprint density at radius 1 is 1.50 bits per heavy atom. The van der Waals surface area contributed by atoms with Crippen molar-refractivity contribution < 1.29 is 13.2 Å². The van der Waals surface area contributed by atoms with Crippen molar-refractivity contribution in [1.82, 2.24) is 24.1 Å². The van der Waals surface area contributed by atoms with Crippen molar-refractivity contribution in [3.05, 3.63) is 12.5 Å². The molecule has 20 heavy (non-hydrogen) atoms. The van der Waals surface area contributed by atoms with E-state index in [2.05, 4.69) is 10.3 Å². The van der Waals surface area contributed by atoms with Crippen LogP contribution in [0.5, 0.6) is 0 Å². The van der Waals surface area contributed by atoms with Gasteiger partial charge in [-0.2, -0.15) is 4.31 Å². The summed E-state index contributed by atoms with van der Waals surface area (Å²) in [5.74, 6) is -0.239. The van der Waals surface area contributed by atoms with Crippen LogP contribution >= 0.6 is 0 Å². The molecule has 2 rings (SSSR count). The molecule has 8 nitrogen and oxygen atoms in total.